The smallest absolute Gasteiger partial charge is 0.0849 e. The molecule has 4 nitrogen and oxygen atoms in total. The SMILES string of the molecule is CC(CCC(O)C(C)(C)O)[C@H]1CC[C@@]2(C)[C@@H]3CC=C4[C@@H](CCC(O)C4(C)C)[C@]3(C)C(O)C[C@]12C. The van der Waals surface area contributed by atoms with Gasteiger partial charge in [-0.2, -0.15) is 0 Å². The predicted molar refractivity (Wildman–Crippen MR) is 137 cm³/mol. The number of rotatable bonds is 5. The summed E-state index contributed by atoms with van der Waals surface area (Å²) in [6.07, 6.45) is 8.64. The second kappa shape index (κ2) is 8.30. The first-order valence-electron chi connectivity index (χ1n) is 14.0. The van der Waals surface area contributed by atoms with Crippen molar-refractivity contribution < 1.29 is 20.4 Å². The van der Waals surface area contributed by atoms with Crippen LogP contribution in [-0.2, 0) is 0 Å². The first-order chi connectivity index (χ1) is 15.5. The van der Waals surface area contributed by atoms with Gasteiger partial charge in [0.05, 0.1) is 23.9 Å². The Morgan fingerprint density at radius 3 is 2.24 bits per heavy atom. The highest BCUT2D eigenvalue weighted by Crippen LogP contribution is 2.74. The van der Waals surface area contributed by atoms with E-state index in [0.717, 1.165) is 32.1 Å². The molecule has 4 unspecified atom stereocenters. The molecule has 0 aromatic rings. The van der Waals surface area contributed by atoms with E-state index in [9.17, 15) is 20.4 Å². The van der Waals surface area contributed by atoms with Gasteiger partial charge < -0.3 is 20.4 Å². The average molecular weight is 477 g/mol. The molecule has 0 aromatic carbocycles. The van der Waals surface area contributed by atoms with Crippen LogP contribution in [0.5, 0.6) is 0 Å². The molecule has 0 heterocycles. The molecule has 4 rings (SSSR count). The Balaban J connectivity index is 1.63. The molecule has 4 aliphatic carbocycles. The zero-order valence-corrected chi connectivity index (χ0v) is 23.1. The summed E-state index contributed by atoms with van der Waals surface area (Å²) in [5.41, 5.74) is 0.184. The van der Waals surface area contributed by atoms with E-state index >= 15 is 0 Å². The van der Waals surface area contributed by atoms with Crippen molar-refractivity contribution in [3.8, 4) is 0 Å². The summed E-state index contributed by atoms with van der Waals surface area (Å²) < 4.78 is 0. The van der Waals surface area contributed by atoms with Gasteiger partial charge in [0.25, 0.3) is 0 Å². The normalized spacial score (nSPS) is 47.8. The molecule has 0 aromatic heterocycles. The second-order valence-corrected chi connectivity index (χ2v) is 14.6. The van der Waals surface area contributed by atoms with Crippen LogP contribution in [0.3, 0.4) is 0 Å². The van der Waals surface area contributed by atoms with Crippen molar-refractivity contribution in [1.29, 1.82) is 0 Å². The quantitative estimate of drug-likeness (QED) is 0.397. The molecular weight excluding hydrogens is 424 g/mol. The van der Waals surface area contributed by atoms with Gasteiger partial charge in [-0.15, -0.1) is 0 Å². The molecule has 34 heavy (non-hydrogen) atoms. The first kappa shape index (κ1) is 26.6. The van der Waals surface area contributed by atoms with Crippen molar-refractivity contribution in [3.05, 3.63) is 11.6 Å². The van der Waals surface area contributed by atoms with E-state index in [1.807, 2.05) is 0 Å². The highest BCUT2D eigenvalue weighted by atomic mass is 16.3. The van der Waals surface area contributed by atoms with Gasteiger partial charge in [-0.1, -0.05) is 53.2 Å². The Hall–Kier alpha value is -0.420. The molecule has 3 fully saturated rings. The van der Waals surface area contributed by atoms with Gasteiger partial charge in [-0.25, -0.2) is 0 Å². The second-order valence-electron chi connectivity index (χ2n) is 14.6. The standard InChI is InChI=1S/C30H52O4/c1-18(9-13-24(32)27(4,5)34)19-15-16-28(6)22-12-10-20-21(11-14-23(31)26(20,2)3)30(22,8)25(33)17-29(19,28)7/h10,18-19,21-25,31-34H,9,11-17H2,1-8H3/t18?,19-,21-,22+,23?,24?,25?,28+,29-,30+/m1/s1. The third-order valence-corrected chi connectivity index (χ3v) is 12.4. The van der Waals surface area contributed by atoms with Crippen LogP contribution in [-0.4, -0.2) is 44.3 Å². The van der Waals surface area contributed by atoms with Gasteiger partial charge in [0.15, 0.2) is 0 Å². The average Bonchev–Trinajstić information content (AvgIpc) is 2.99. The van der Waals surface area contributed by atoms with Gasteiger partial charge in [-0.05, 0) is 99.7 Å². The lowest BCUT2D eigenvalue weighted by Crippen LogP contribution is -2.64. The molecule has 4 N–H and O–H groups in total. The molecule has 0 radical (unpaired) electrons. The van der Waals surface area contributed by atoms with Crippen molar-refractivity contribution in [2.45, 2.75) is 131 Å². The molecular formula is C30H52O4. The zero-order valence-electron chi connectivity index (χ0n) is 23.1. The third kappa shape index (κ3) is 3.60. The molecule has 4 heteroatoms. The van der Waals surface area contributed by atoms with Crippen LogP contribution in [0.4, 0.5) is 0 Å². The third-order valence-electron chi connectivity index (χ3n) is 12.4. The Kier molecular flexibility index (Phi) is 6.50. The zero-order chi connectivity index (χ0) is 25.5. The maximum atomic E-state index is 11.9. The van der Waals surface area contributed by atoms with Gasteiger partial charge in [0.1, 0.15) is 0 Å². The van der Waals surface area contributed by atoms with E-state index in [4.69, 9.17) is 0 Å². The molecule has 0 aliphatic heterocycles. The Labute approximate surface area is 208 Å². The minimum absolute atomic E-state index is 0.0603. The summed E-state index contributed by atoms with van der Waals surface area (Å²) in [5, 5.41) is 43.3. The molecule has 0 bridgehead atoms. The van der Waals surface area contributed by atoms with Crippen LogP contribution in [0, 0.1) is 45.3 Å². The fourth-order valence-corrected chi connectivity index (χ4v) is 9.64. The van der Waals surface area contributed by atoms with Crippen LogP contribution in [0.1, 0.15) is 107 Å². The van der Waals surface area contributed by atoms with E-state index in [-0.39, 0.29) is 33.9 Å². The number of allylic oxidation sites excluding steroid dienone is 1. The largest absolute Gasteiger partial charge is 0.393 e. The Bertz CT molecular complexity index is 811. The Morgan fingerprint density at radius 2 is 1.62 bits per heavy atom. The summed E-state index contributed by atoms with van der Waals surface area (Å²) in [4.78, 5) is 0. The van der Waals surface area contributed by atoms with E-state index < -0.39 is 11.7 Å². The van der Waals surface area contributed by atoms with Crippen LogP contribution in [0.15, 0.2) is 11.6 Å². The lowest BCUT2D eigenvalue weighted by atomic mass is 9.38. The van der Waals surface area contributed by atoms with E-state index in [1.54, 1.807) is 13.8 Å². The summed E-state index contributed by atoms with van der Waals surface area (Å²) in [7, 11) is 0. The summed E-state index contributed by atoms with van der Waals surface area (Å²) in [5.74, 6) is 1.74. The van der Waals surface area contributed by atoms with E-state index in [1.165, 1.54) is 18.4 Å². The van der Waals surface area contributed by atoms with Gasteiger partial charge in [0, 0.05) is 10.8 Å². The summed E-state index contributed by atoms with van der Waals surface area (Å²) >= 11 is 0. The maximum absolute atomic E-state index is 11.9. The molecule has 0 saturated heterocycles. The number of hydrogen-bond donors (Lipinski definition) is 4. The number of hydrogen-bond acceptors (Lipinski definition) is 4. The maximum Gasteiger partial charge on any atom is 0.0849 e. The van der Waals surface area contributed by atoms with Gasteiger partial charge in [0.2, 0.25) is 0 Å². The van der Waals surface area contributed by atoms with Crippen molar-refractivity contribution in [2.24, 2.45) is 45.3 Å². The summed E-state index contributed by atoms with van der Waals surface area (Å²) in [6.45, 7) is 17.4. The predicted octanol–water partition coefficient (Wildman–Crippen LogP) is 5.47. The van der Waals surface area contributed by atoms with Crippen molar-refractivity contribution in [1.82, 2.24) is 0 Å². The van der Waals surface area contributed by atoms with Crippen LogP contribution < -0.4 is 0 Å². The van der Waals surface area contributed by atoms with Crippen LogP contribution >= 0.6 is 0 Å². The minimum Gasteiger partial charge on any atom is -0.393 e. The van der Waals surface area contributed by atoms with Crippen molar-refractivity contribution in [2.75, 3.05) is 0 Å². The fourth-order valence-electron chi connectivity index (χ4n) is 9.64. The number of aliphatic hydroxyl groups excluding tert-OH is 3. The lowest BCUT2D eigenvalue weighted by molar-refractivity contribution is -0.204. The molecule has 0 amide bonds. The van der Waals surface area contributed by atoms with E-state index in [0.29, 0.717) is 30.1 Å². The molecule has 0 spiro atoms. The number of fused-ring (bicyclic) bond motifs is 5. The van der Waals surface area contributed by atoms with Crippen molar-refractivity contribution in [3.63, 3.8) is 0 Å². The first-order valence-corrected chi connectivity index (χ1v) is 14.0. The molecule has 196 valence electrons. The summed E-state index contributed by atoms with van der Waals surface area (Å²) in [6, 6.07) is 0. The van der Waals surface area contributed by atoms with E-state index in [2.05, 4.69) is 47.6 Å². The van der Waals surface area contributed by atoms with Crippen molar-refractivity contribution >= 4 is 0 Å². The van der Waals surface area contributed by atoms with Gasteiger partial charge in [-0.3, -0.25) is 0 Å². The highest BCUT2D eigenvalue weighted by molar-refractivity contribution is 5.31. The number of aliphatic hydroxyl groups is 4. The molecule has 3 saturated carbocycles. The van der Waals surface area contributed by atoms with Crippen LogP contribution in [0.2, 0.25) is 0 Å². The lowest BCUT2D eigenvalue weighted by Gasteiger charge is -2.67. The monoisotopic (exact) mass is 476 g/mol. The topological polar surface area (TPSA) is 80.9 Å². The van der Waals surface area contributed by atoms with Crippen LogP contribution in [0.25, 0.3) is 0 Å². The fraction of sp³-hybridized carbons (Fsp3) is 0.933. The van der Waals surface area contributed by atoms with Gasteiger partial charge >= 0.3 is 0 Å². The molecule has 4 aliphatic rings. The molecule has 10 atom stereocenters. The highest BCUT2D eigenvalue weighted by Gasteiger charge is 2.70. The minimum atomic E-state index is -1.07. The Morgan fingerprint density at radius 1 is 0.971 bits per heavy atom.